The van der Waals surface area contributed by atoms with Gasteiger partial charge in [-0.3, -0.25) is 0 Å². The van der Waals surface area contributed by atoms with Crippen LogP contribution < -0.4 is 0 Å². The minimum Gasteiger partial charge on any atom is -0.694 e. The molecular formula is C3H4ClZn-. The van der Waals surface area contributed by atoms with Crippen molar-refractivity contribution in [3.05, 3.63) is 6.42 Å². The molecule has 26 valence electrons. The Morgan fingerprint density at radius 3 is 1.60 bits per heavy atom. The summed E-state index contributed by atoms with van der Waals surface area (Å²) < 4.78 is 0. The van der Waals surface area contributed by atoms with Gasteiger partial charge < -0.3 is 12.3 Å². The van der Waals surface area contributed by atoms with Crippen LogP contribution >= 0.6 is 12.4 Å². The van der Waals surface area contributed by atoms with Crippen molar-refractivity contribution in [1.82, 2.24) is 0 Å². The fraction of sp³-hybridized carbons (Fsp3) is 0.333. The van der Waals surface area contributed by atoms with Gasteiger partial charge in [0.25, 0.3) is 0 Å². The number of hydrogen-bond donors (Lipinski definition) is 0. The molecular weight excluding hydrogens is 137 g/mol. The van der Waals surface area contributed by atoms with Crippen molar-refractivity contribution in [2.75, 3.05) is 0 Å². The molecule has 0 unspecified atom stereocenters. The van der Waals surface area contributed by atoms with E-state index in [1.165, 1.54) is 0 Å². The van der Waals surface area contributed by atoms with Crippen molar-refractivity contribution >= 4 is 12.4 Å². The van der Waals surface area contributed by atoms with Gasteiger partial charge in [-0.05, 0) is 6.92 Å². The van der Waals surface area contributed by atoms with Gasteiger partial charge >= 0.3 is 0 Å². The predicted octanol–water partition coefficient (Wildman–Crippen LogP) is 1.02. The molecule has 0 aromatic carbocycles. The second-order valence-corrected chi connectivity index (χ2v) is 0.250. The summed E-state index contributed by atoms with van der Waals surface area (Å²) in [5.41, 5.74) is 0. The normalized spacial score (nSPS) is 1.60. The van der Waals surface area contributed by atoms with Gasteiger partial charge in [0, 0.05) is 19.5 Å². The van der Waals surface area contributed by atoms with Crippen molar-refractivity contribution < 1.29 is 19.5 Å². The Bertz CT molecular complexity index is 28.4. The summed E-state index contributed by atoms with van der Waals surface area (Å²) >= 11 is 0. The zero-order valence-electron chi connectivity index (χ0n) is 3.12. The Morgan fingerprint density at radius 2 is 1.60 bits per heavy atom. The fourth-order valence-corrected chi connectivity index (χ4v) is 0. The van der Waals surface area contributed by atoms with Crippen LogP contribution in [0.2, 0.25) is 0 Å². The summed E-state index contributed by atoms with van der Waals surface area (Å²) in [7, 11) is 0. The molecule has 0 saturated heterocycles. The fourth-order valence-electron chi connectivity index (χ4n) is 0. The maximum absolute atomic E-state index is 5.96. The van der Waals surface area contributed by atoms with E-state index in [9.17, 15) is 0 Å². The third-order valence-electron chi connectivity index (χ3n) is 0. The van der Waals surface area contributed by atoms with Gasteiger partial charge in [-0.25, -0.2) is 0 Å². The van der Waals surface area contributed by atoms with Crippen LogP contribution in [0.15, 0.2) is 0 Å². The third kappa shape index (κ3) is 122. The first-order chi connectivity index (χ1) is 1.41. The maximum Gasteiger partial charge on any atom is 0 e. The van der Waals surface area contributed by atoms with Crippen molar-refractivity contribution in [2.45, 2.75) is 6.92 Å². The minimum atomic E-state index is 0. The quantitative estimate of drug-likeness (QED) is 0.268. The average Bonchev–Trinajstić information content (AvgIpc) is 0.918. The monoisotopic (exact) mass is 139 g/mol. The molecule has 0 atom stereocenters. The second kappa shape index (κ2) is 24.9. The molecule has 0 N–H and O–H groups in total. The van der Waals surface area contributed by atoms with Gasteiger partial charge in [0.05, 0.1) is 0 Å². The molecule has 0 bridgehead atoms. The molecule has 0 amide bonds. The molecule has 0 aliphatic carbocycles. The van der Waals surface area contributed by atoms with Crippen LogP contribution in [0.5, 0.6) is 0 Å². The van der Waals surface area contributed by atoms with Crippen LogP contribution in [0.4, 0.5) is 0 Å². The van der Waals surface area contributed by atoms with E-state index in [2.05, 4.69) is 0 Å². The molecule has 0 spiro atoms. The summed E-state index contributed by atoms with van der Waals surface area (Å²) in [4.78, 5) is 0. The Hall–Kier alpha value is 0.473. The topological polar surface area (TPSA) is 0 Å². The van der Waals surface area contributed by atoms with Crippen molar-refractivity contribution in [3.63, 3.8) is 0 Å². The Balaban J connectivity index is -0.0000000200. The Morgan fingerprint density at radius 1 is 1.60 bits per heavy atom. The van der Waals surface area contributed by atoms with E-state index in [0.717, 1.165) is 0 Å². The first-order valence-electron chi connectivity index (χ1n) is 0.750. The zero-order valence-corrected chi connectivity index (χ0v) is 6.90. The smallest absolute Gasteiger partial charge is 0 e. The molecule has 0 saturated carbocycles. The van der Waals surface area contributed by atoms with Crippen LogP contribution in [-0.4, -0.2) is 0 Å². The number of halogens is 1. The van der Waals surface area contributed by atoms with Crippen molar-refractivity contribution in [2.24, 2.45) is 0 Å². The average molecular weight is 141 g/mol. The van der Waals surface area contributed by atoms with Gasteiger partial charge in [0.15, 0.2) is 0 Å². The molecule has 0 nitrogen and oxygen atoms in total. The molecule has 2 heteroatoms. The second-order valence-electron chi connectivity index (χ2n) is 0.250. The van der Waals surface area contributed by atoms with Gasteiger partial charge in [-0.15, -0.1) is 12.4 Å². The first kappa shape index (κ1) is 17.9. The number of rotatable bonds is 0. The summed E-state index contributed by atoms with van der Waals surface area (Å²) in [5, 5.41) is 0. The van der Waals surface area contributed by atoms with E-state index in [4.69, 9.17) is 6.42 Å². The van der Waals surface area contributed by atoms with Crippen LogP contribution in [0.1, 0.15) is 6.92 Å². The van der Waals surface area contributed by atoms with E-state index in [0.29, 0.717) is 0 Å². The van der Waals surface area contributed by atoms with Gasteiger partial charge in [0.2, 0.25) is 0 Å². The van der Waals surface area contributed by atoms with Gasteiger partial charge in [0.1, 0.15) is 0 Å². The molecule has 0 aliphatic rings. The number of hydrogen-bond acceptors (Lipinski definition) is 0. The summed E-state index contributed by atoms with van der Waals surface area (Å²) in [6.45, 7) is 1.54. The molecule has 0 aromatic rings. The van der Waals surface area contributed by atoms with Crippen LogP contribution in [0.3, 0.4) is 0 Å². The summed E-state index contributed by atoms with van der Waals surface area (Å²) in [5.74, 6) is 2.00. The minimum absolute atomic E-state index is 0. The molecule has 0 aliphatic heterocycles. The van der Waals surface area contributed by atoms with Crippen LogP contribution in [-0.2, 0) is 19.5 Å². The zero-order chi connectivity index (χ0) is 2.71. The Labute approximate surface area is 51.5 Å². The molecule has 0 radical (unpaired) electrons. The van der Waals surface area contributed by atoms with Crippen LogP contribution in [0.25, 0.3) is 0 Å². The standard InChI is InChI=1S/C3H3.ClH.Zn/c1-3-2;;/h1H3;1H;/q-1;;. The van der Waals surface area contributed by atoms with Gasteiger partial charge in [-0.2, -0.15) is 0 Å². The molecule has 0 fully saturated rings. The van der Waals surface area contributed by atoms with E-state index < -0.39 is 0 Å². The van der Waals surface area contributed by atoms with Gasteiger partial charge in [-0.1, -0.05) is 0 Å². The SMILES string of the molecule is Cl.[C-]#CC.[Zn]. The third-order valence-corrected chi connectivity index (χ3v) is 0. The van der Waals surface area contributed by atoms with E-state index in [-0.39, 0.29) is 31.9 Å². The molecule has 0 aromatic heterocycles. The van der Waals surface area contributed by atoms with Crippen molar-refractivity contribution in [3.8, 4) is 5.92 Å². The van der Waals surface area contributed by atoms with E-state index in [1.807, 2.05) is 5.92 Å². The summed E-state index contributed by atoms with van der Waals surface area (Å²) in [6, 6.07) is 0. The largest absolute Gasteiger partial charge is 0.694 e. The van der Waals surface area contributed by atoms with E-state index >= 15 is 0 Å². The van der Waals surface area contributed by atoms with Crippen LogP contribution in [0, 0.1) is 12.3 Å². The molecule has 0 heterocycles. The van der Waals surface area contributed by atoms with Crippen molar-refractivity contribution in [1.29, 1.82) is 0 Å². The molecule has 0 rings (SSSR count). The first-order valence-corrected chi connectivity index (χ1v) is 0.750. The predicted molar refractivity (Wildman–Crippen MR) is 20.1 cm³/mol. The summed E-state index contributed by atoms with van der Waals surface area (Å²) in [6.07, 6.45) is 5.96. The maximum atomic E-state index is 5.96. The van der Waals surface area contributed by atoms with E-state index in [1.54, 1.807) is 6.92 Å². The Kier molecular flexibility index (Phi) is 89.0. The molecule has 5 heavy (non-hydrogen) atoms.